The topological polar surface area (TPSA) is 51.5 Å². The highest BCUT2D eigenvalue weighted by Crippen LogP contribution is 2.58. The molecule has 0 amide bonds. The van der Waals surface area contributed by atoms with Gasteiger partial charge in [0.15, 0.2) is 0 Å². The molecule has 0 bridgehead atoms. The van der Waals surface area contributed by atoms with E-state index in [1.54, 1.807) is 6.26 Å². The fourth-order valence-corrected chi connectivity index (χ4v) is 5.79. The van der Waals surface area contributed by atoms with E-state index in [9.17, 15) is 4.79 Å². The van der Waals surface area contributed by atoms with Crippen LogP contribution in [0.4, 0.5) is 0 Å². The number of fused-ring (bicyclic) bond motifs is 1. The Kier molecular flexibility index (Phi) is 5.61. The molecule has 0 saturated heterocycles. The van der Waals surface area contributed by atoms with Crippen molar-refractivity contribution in [2.45, 2.75) is 64.3 Å². The zero-order valence-electron chi connectivity index (χ0n) is 16.5. The SMILES string of the molecule is C=C1CC[C@@H]2[C@](C)(CCC[C@]2(C)NCC(=O)OC)[C@H]1CCc1ccoc1. The number of hydrogen-bond acceptors (Lipinski definition) is 4. The van der Waals surface area contributed by atoms with E-state index in [4.69, 9.17) is 9.15 Å². The summed E-state index contributed by atoms with van der Waals surface area (Å²) in [6, 6.07) is 2.06. The normalized spacial score (nSPS) is 34.3. The number of carbonyl (C=O) groups is 1. The van der Waals surface area contributed by atoms with Gasteiger partial charge < -0.3 is 14.5 Å². The van der Waals surface area contributed by atoms with E-state index in [1.807, 2.05) is 6.26 Å². The van der Waals surface area contributed by atoms with Crippen molar-refractivity contribution in [1.82, 2.24) is 5.32 Å². The molecule has 4 nitrogen and oxygen atoms in total. The third-order valence-electron chi connectivity index (χ3n) is 7.19. The fourth-order valence-electron chi connectivity index (χ4n) is 5.79. The zero-order chi connectivity index (χ0) is 18.8. The summed E-state index contributed by atoms with van der Waals surface area (Å²) in [4.78, 5) is 11.7. The van der Waals surface area contributed by atoms with Gasteiger partial charge in [-0.25, -0.2) is 0 Å². The molecule has 2 aliphatic carbocycles. The zero-order valence-corrected chi connectivity index (χ0v) is 16.5. The van der Waals surface area contributed by atoms with Gasteiger partial charge in [-0.3, -0.25) is 4.79 Å². The lowest BCUT2D eigenvalue weighted by atomic mass is 9.49. The summed E-state index contributed by atoms with van der Waals surface area (Å²) >= 11 is 0. The smallest absolute Gasteiger partial charge is 0.319 e. The van der Waals surface area contributed by atoms with Crippen LogP contribution in [-0.4, -0.2) is 25.2 Å². The molecule has 2 fully saturated rings. The number of aryl methyl sites for hydroxylation is 1. The van der Waals surface area contributed by atoms with E-state index in [1.165, 1.54) is 31.1 Å². The molecular formula is C22H33NO3. The second kappa shape index (κ2) is 7.59. The lowest BCUT2D eigenvalue weighted by Crippen LogP contribution is -2.61. The predicted molar refractivity (Wildman–Crippen MR) is 103 cm³/mol. The van der Waals surface area contributed by atoms with Crippen LogP contribution in [0.3, 0.4) is 0 Å². The number of allylic oxidation sites excluding steroid dienone is 1. The minimum absolute atomic E-state index is 0.0181. The largest absolute Gasteiger partial charge is 0.472 e. The molecule has 0 aromatic carbocycles. The second-order valence-electron chi connectivity index (χ2n) is 8.68. The first-order valence-corrected chi connectivity index (χ1v) is 9.89. The van der Waals surface area contributed by atoms with Crippen molar-refractivity contribution < 1.29 is 13.9 Å². The summed E-state index contributed by atoms with van der Waals surface area (Å²) in [5.74, 6) is 0.888. The number of nitrogens with one attached hydrogen (secondary N) is 1. The predicted octanol–water partition coefficient (Wildman–Crippen LogP) is 4.51. The lowest BCUT2D eigenvalue weighted by molar-refractivity contribution is -0.140. The Morgan fingerprint density at radius 3 is 2.92 bits per heavy atom. The summed E-state index contributed by atoms with van der Waals surface area (Å²) in [6.07, 6.45) is 11.6. The molecule has 0 aliphatic heterocycles. The summed E-state index contributed by atoms with van der Waals surface area (Å²) < 4.78 is 10.1. The van der Waals surface area contributed by atoms with Crippen LogP contribution in [0.5, 0.6) is 0 Å². The van der Waals surface area contributed by atoms with Gasteiger partial charge in [-0.1, -0.05) is 25.5 Å². The van der Waals surface area contributed by atoms with E-state index in [-0.39, 0.29) is 16.9 Å². The number of ether oxygens (including phenoxy) is 1. The summed E-state index contributed by atoms with van der Waals surface area (Å²) in [6.45, 7) is 9.50. The fraction of sp³-hybridized carbons (Fsp3) is 0.682. The van der Waals surface area contributed by atoms with Crippen molar-refractivity contribution in [3.63, 3.8) is 0 Å². The van der Waals surface area contributed by atoms with Gasteiger partial charge >= 0.3 is 5.97 Å². The summed E-state index contributed by atoms with van der Waals surface area (Å²) in [5.41, 5.74) is 2.89. The summed E-state index contributed by atoms with van der Waals surface area (Å²) in [5, 5.41) is 3.56. The highest BCUT2D eigenvalue weighted by molar-refractivity contribution is 5.71. The Hall–Kier alpha value is -1.55. The second-order valence-corrected chi connectivity index (χ2v) is 8.68. The van der Waals surface area contributed by atoms with Gasteiger partial charge in [0, 0.05) is 5.54 Å². The molecule has 2 saturated carbocycles. The quantitative estimate of drug-likeness (QED) is 0.600. The van der Waals surface area contributed by atoms with Gasteiger partial charge in [-0.2, -0.15) is 0 Å². The van der Waals surface area contributed by atoms with E-state index in [2.05, 4.69) is 31.8 Å². The van der Waals surface area contributed by atoms with Gasteiger partial charge in [-0.15, -0.1) is 0 Å². The maximum absolute atomic E-state index is 11.7. The van der Waals surface area contributed by atoms with Crippen LogP contribution in [0.2, 0.25) is 0 Å². The van der Waals surface area contributed by atoms with Crippen molar-refractivity contribution >= 4 is 5.97 Å². The van der Waals surface area contributed by atoms with Crippen molar-refractivity contribution in [1.29, 1.82) is 0 Å². The first kappa shape index (κ1) is 19.2. The van der Waals surface area contributed by atoms with Crippen LogP contribution >= 0.6 is 0 Å². The van der Waals surface area contributed by atoms with Crippen molar-refractivity contribution in [2.75, 3.05) is 13.7 Å². The van der Waals surface area contributed by atoms with E-state index in [0.717, 1.165) is 32.1 Å². The first-order chi connectivity index (χ1) is 12.4. The molecule has 4 atom stereocenters. The lowest BCUT2D eigenvalue weighted by Gasteiger charge is -2.59. The average molecular weight is 360 g/mol. The molecule has 1 aromatic heterocycles. The number of methoxy groups -OCH3 is 1. The number of furan rings is 1. The van der Waals surface area contributed by atoms with Crippen LogP contribution in [0.15, 0.2) is 35.2 Å². The van der Waals surface area contributed by atoms with Crippen molar-refractivity contribution in [2.24, 2.45) is 17.3 Å². The van der Waals surface area contributed by atoms with Crippen molar-refractivity contribution in [3.8, 4) is 0 Å². The molecule has 3 rings (SSSR count). The van der Waals surface area contributed by atoms with E-state index >= 15 is 0 Å². The summed E-state index contributed by atoms with van der Waals surface area (Å²) in [7, 11) is 1.45. The van der Waals surface area contributed by atoms with Crippen LogP contribution < -0.4 is 5.32 Å². The highest BCUT2D eigenvalue weighted by Gasteiger charge is 2.54. The van der Waals surface area contributed by atoms with Crippen LogP contribution in [0.25, 0.3) is 0 Å². The monoisotopic (exact) mass is 359 g/mol. The molecule has 1 N–H and O–H groups in total. The molecule has 26 heavy (non-hydrogen) atoms. The van der Waals surface area contributed by atoms with E-state index < -0.39 is 0 Å². The third kappa shape index (κ3) is 3.62. The van der Waals surface area contributed by atoms with Crippen LogP contribution in [0.1, 0.15) is 57.9 Å². The number of carbonyl (C=O) groups excluding carboxylic acids is 1. The Morgan fingerprint density at radius 1 is 1.42 bits per heavy atom. The maximum Gasteiger partial charge on any atom is 0.319 e. The molecule has 1 aromatic rings. The van der Waals surface area contributed by atoms with Crippen molar-refractivity contribution in [3.05, 3.63) is 36.3 Å². The Balaban J connectivity index is 1.77. The first-order valence-electron chi connectivity index (χ1n) is 9.89. The van der Waals surface area contributed by atoms with Crippen LogP contribution in [0, 0.1) is 17.3 Å². The van der Waals surface area contributed by atoms with Crippen LogP contribution in [-0.2, 0) is 16.0 Å². The van der Waals surface area contributed by atoms with Gasteiger partial charge in [0.2, 0.25) is 0 Å². The molecule has 0 radical (unpaired) electrons. The third-order valence-corrected chi connectivity index (χ3v) is 7.19. The number of rotatable bonds is 6. The average Bonchev–Trinajstić information content (AvgIpc) is 3.12. The minimum atomic E-state index is -0.185. The van der Waals surface area contributed by atoms with E-state index in [0.29, 0.717) is 18.4 Å². The molecule has 0 unspecified atom stereocenters. The maximum atomic E-state index is 11.7. The highest BCUT2D eigenvalue weighted by atomic mass is 16.5. The van der Waals surface area contributed by atoms with Gasteiger partial charge in [-0.05, 0) is 74.3 Å². The number of hydrogen-bond donors (Lipinski definition) is 1. The molecule has 0 spiro atoms. The van der Waals surface area contributed by atoms with Gasteiger partial charge in [0.1, 0.15) is 0 Å². The molecule has 2 aliphatic rings. The standard InChI is InChI=1S/C22H33NO3/c1-16-6-9-19-21(2,18(16)8-7-17-10-13-26-15-17)11-5-12-22(19,3)23-14-20(24)25-4/h10,13,15,18-19,23H,1,5-9,11-12,14H2,2-4H3/t18-,19+,21+,22-/m0/s1. The molecule has 1 heterocycles. The van der Waals surface area contributed by atoms with Gasteiger partial charge in [0.25, 0.3) is 0 Å². The molecule has 4 heteroatoms. The Morgan fingerprint density at radius 2 is 2.23 bits per heavy atom. The Bertz CT molecular complexity index is 638. The Labute approximate surface area is 157 Å². The molecular weight excluding hydrogens is 326 g/mol. The van der Waals surface area contributed by atoms with Gasteiger partial charge in [0.05, 0.1) is 26.2 Å². The minimum Gasteiger partial charge on any atom is -0.472 e. The number of esters is 1. The molecule has 144 valence electrons.